The van der Waals surface area contributed by atoms with Gasteiger partial charge in [-0.05, 0) is 42.8 Å². The molecule has 0 aliphatic rings. The number of nitrogens with zero attached hydrogens (tertiary/aromatic N) is 1. The molecule has 0 spiro atoms. The van der Waals surface area contributed by atoms with Gasteiger partial charge in [-0.3, -0.25) is 4.79 Å². The van der Waals surface area contributed by atoms with Crippen molar-refractivity contribution in [3.05, 3.63) is 80.6 Å². The van der Waals surface area contributed by atoms with E-state index in [4.69, 9.17) is 16.3 Å². The van der Waals surface area contributed by atoms with Crippen LogP contribution >= 0.6 is 11.6 Å². The molecule has 0 atom stereocenters. The SMILES string of the molecule is CCOC(=O)c1cn(Cc2cccc(Cl)c2)c2ccc(C(F)(F)F)cc2c1=O. The third kappa shape index (κ3) is 4.04. The molecule has 3 aromatic rings. The molecule has 4 nitrogen and oxygen atoms in total. The quantitative estimate of drug-likeness (QED) is 0.576. The van der Waals surface area contributed by atoms with E-state index in [0.717, 1.165) is 17.7 Å². The average molecular weight is 410 g/mol. The van der Waals surface area contributed by atoms with Crippen molar-refractivity contribution in [3.63, 3.8) is 0 Å². The van der Waals surface area contributed by atoms with E-state index in [1.54, 1.807) is 31.2 Å². The predicted octanol–water partition coefficient (Wildman–Crippen LogP) is 4.90. The van der Waals surface area contributed by atoms with Crippen molar-refractivity contribution in [2.75, 3.05) is 6.61 Å². The van der Waals surface area contributed by atoms with E-state index >= 15 is 0 Å². The van der Waals surface area contributed by atoms with E-state index in [2.05, 4.69) is 0 Å². The second-order valence-electron chi connectivity index (χ2n) is 6.08. The molecule has 0 amide bonds. The largest absolute Gasteiger partial charge is 0.462 e. The molecule has 146 valence electrons. The van der Waals surface area contributed by atoms with Gasteiger partial charge >= 0.3 is 12.1 Å². The Labute approximate surface area is 163 Å². The van der Waals surface area contributed by atoms with Crippen LogP contribution in [0.5, 0.6) is 0 Å². The summed E-state index contributed by atoms with van der Waals surface area (Å²) in [5, 5.41) is 0.287. The number of hydrogen-bond acceptors (Lipinski definition) is 3. The van der Waals surface area contributed by atoms with Gasteiger partial charge in [-0.1, -0.05) is 23.7 Å². The standard InChI is InChI=1S/C20H15ClF3NO3/c1-2-28-19(27)16-11-25(10-12-4-3-5-14(21)8-12)17-7-6-13(20(22,23)24)9-15(17)18(16)26/h3-9,11H,2,10H2,1H3. The Kier molecular flexibility index (Phi) is 5.47. The molecule has 1 aromatic heterocycles. The van der Waals surface area contributed by atoms with Crippen LogP contribution in [0, 0.1) is 0 Å². The van der Waals surface area contributed by atoms with Gasteiger partial charge in [-0.15, -0.1) is 0 Å². The number of fused-ring (bicyclic) bond motifs is 1. The minimum Gasteiger partial charge on any atom is -0.462 e. The number of ether oxygens (including phenoxy) is 1. The second-order valence-corrected chi connectivity index (χ2v) is 6.52. The first-order valence-electron chi connectivity index (χ1n) is 8.36. The predicted molar refractivity (Wildman–Crippen MR) is 99.7 cm³/mol. The number of esters is 1. The first kappa shape index (κ1) is 19.9. The van der Waals surface area contributed by atoms with Gasteiger partial charge in [0.05, 0.1) is 17.7 Å². The van der Waals surface area contributed by atoms with Crippen molar-refractivity contribution < 1.29 is 22.7 Å². The van der Waals surface area contributed by atoms with E-state index in [-0.39, 0.29) is 29.6 Å². The van der Waals surface area contributed by atoms with Gasteiger partial charge in [-0.2, -0.15) is 13.2 Å². The Hall–Kier alpha value is -2.80. The third-order valence-electron chi connectivity index (χ3n) is 4.14. The summed E-state index contributed by atoms with van der Waals surface area (Å²) in [7, 11) is 0. The van der Waals surface area contributed by atoms with Crippen LogP contribution in [0.25, 0.3) is 10.9 Å². The Morgan fingerprint density at radius 2 is 1.93 bits per heavy atom. The Morgan fingerprint density at radius 3 is 2.57 bits per heavy atom. The number of halogens is 4. The molecule has 0 saturated carbocycles. The molecule has 0 fully saturated rings. The Bertz CT molecular complexity index is 1110. The molecular formula is C20H15ClF3NO3. The highest BCUT2D eigenvalue weighted by Crippen LogP contribution is 2.31. The summed E-state index contributed by atoms with van der Waals surface area (Å²) < 4.78 is 45.7. The molecule has 2 aromatic carbocycles. The van der Waals surface area contributed by atoms with Crippen LogP contribution in [-0.2, 0) is 17.5 Å². The van der Waals surface area contributed by atoms with E-state index in [9.17, 15) is 22.8 Å². The fourth-order valence-electron chi connectivity index (χ4n) is 2.89. The Balaban J connectivity index is 2.24. The van der Waals surface area contributed by atoms with E-state index in [1.165, 1.54) is 16.8 Å². The van der Waals surface area contributed by atoms with Gasteiger partial charge in [-0.25, -0.2) is 4.79 Å². The fourth-order valence-corrected chi connectivity index (χ4v) is 3.10. The van der Waals surface area contributed by atoms with Crippen molar-refractivity contribution >= 4 is 28.5 Å². The van der Waals surface area contributed by atoms with Gasteiger partial charge in [0.15, 0.2) is 0 Å². The van der Waals surface area contributed by atoms with Gasteiger partial charge in [0.25, 0.3) is 0 Å². The summed E-state index contributed by atoms with van der Waals surface area (Å²) in [5.74, 6) is -0.883. The molecule has 0 unspecified atom stereocenters. The van der Waals surface area contributed by atoms with Crippen molar-refractivity contribution in [2.45, 2.75) is 19.6 Å². The minimum absolute atomic E-state index is 0.0349. The van der Waals surface area contributed by atoms with Crippen molar-refractivity contribution in [3.8, 4) is 0 Å². The highest BCUT2D eigenvalue weighted by molar-refractivity contribution is 6.30. The molecule has 0 saturated heterocycles. The smallest absolute Gasteiger partial charge is 0.416 e. The van der Waals surface area contributed by atoms with E-state index in [1.807, 2.05) is 0 Å². The zero-order chi connectivity index (χ0) is 20.5. The molecular weight excluding hydrogens is 395 g/mol. The lowest BCUT2D eigenvalue weighted by Gasteiger charge is -2.15. The lowest BCUT2D eigenvalue weighted by molar-refractivity contribution is -0.137. The summed E-state index contributed by atoms with van der Waals surface area (Å²) in [6.45, 7) is 1.81. The molecule has 1 heterocycles. The fraction of sp³-hybridized carbons (Fsp3) is 0.200. The summed E-state index contributed by atoms with van der Waals surface area (Å²) >= 11 is 5.99. The Morgan fingerprint density at radius 1 is 1.18 bits per heavy atom. The third-order valence-corrected chi connectivity index (χ3v) is 4.38. The topological polar surface area (TPSA) is 48.3 Å². The summed E-state index contributed by atoms with van der Waals surface area (Å²) in [6.07, 6.45) is -3.31. The van der Waals surface area contributed by atoms with Crippen LogP contribution in [0.3, 0.4) is 0 Å². The molecule has 0 aliphatic heterocycles. The zero-order valence-corrected chi connectivity index (χ0v) is 15.5. The monoisotopic (exact) mass is 409 g/mol. The minimum atomic E-state index is -4.61. The lowest BCUT2D eigenvalue weighted by Crippen LogP contribution is -2.21. The number of carbonyl (C=O) groups excluding carboxylic acids is 1. The first-order valence-corrected chi connectivity index (χ1v) is 8.74. The zero-order valence-electron chi connectivity index (χ0n) is 14.7. The highest BCUT2D eigenvalue weighted by atomic mass is 35.5. The maximum atomic E-state index is 13.1. The van der Waals surface area contributed by atoms with Gasteiger partial charge in [0, 0.05) is 23.2 Å². The maximum Gasteiger partial charge on any atom is 0.416 e. The van der Waals surface area contributed by atoms with Gasteiger partial charge < -0.3 is 9.30 Å². The number of carbonyl (C=O) groups is 1. The van der Waals surface area contributed by atoms with Crippen molar-refractivity contribution in [1.82, 2.24) is 4.57 Å². The van der Waals surface area contributed by atoms with Crippen LogP contribution in [0.2, 0.25) is 5.02 Å². The number of benzene rings is 2. The summed E-state index contributed by atoms with van der Waals surface area (Å²) in [6, 6.07) is 9.78. The number of aromatic nitrogens is 1. The number of pyridine rings is 1. The highest BCUT2D eigenvalue weighted by Gasteiger charge is 2.31. The molecule has 8 heteroatoms. The normalized spacial score (nSPS) is 11.6. The molecule has 0 radical (unpaired) electrons. The molecule has 3 rings (SSSR count). The summed E-state index contributed by atoms with van der Waals surface area (Å²) in [5.41, 5.74) is -1.07. The number of rotatable bonds is 4. The average Bonchev–Trinajstić information content (AvgIpc) is 2.63. The van der Waals surface area contributed by atoms with Crippen LogP contribution in [0.1, 0.15) is 28.4 Å². The lowest BCUT2D eigenvalue weighted by atomic mass is 10.1. The van der Waals surface area contributed by atoms with E-state index in [0.29, 0.717) is 5.02 Å². The van der Waals surface area contributed by atoms with Crippen molar-refractivity contribution in [1.29, 1.82) is 0 Å². The summed E-state index contributed by atoms with van der Waals surface area (Å²) in [4.78, 5) is 24.9. The first-order chi connectivity index (χ1) is 13.2. The maximum absolute atomic E-state index is 13.1. The van der Waals surface area contributed by atoms with Gasteiger partial charge in [0.2, 0.25) is 5.43 Å². The van der Waals surface area contributed by atoms with Crippen LogP contribution in [-0.4, -0.2) is 17.1 Å². The molecule has 28 heavy (non-hydrogen) atoms. The molecule has 0 N–H and O–H groups in total. The van der Waals surface area contributed by atoms with Crippen molar-refractivity contribution in [2.24, 2.45) is 0 Å². The van der Waals surface area contributed by atoms with Crippen LogP contribution in [0.15, 0.2) is 53.5 Å². The van der Waals surface area contributed by atoms with Crippen LogP contribution in [0.4, 0.5) is 13.2 Å². The number of alkyl halides is 3. The number of hydrogen-bond donors (Lipinski definition) is 0. The molecule has 0 aliphatic carbocycles. The van der Waals surface area contributed by atoms with Gasteiger partial charge in [0.1, 0.15) is 5.56 Å². The second kappa shape index (κ2) is 7.67. The van der Waals surface area contributed by atoms with Crippen LogP contribution < -0.4 is 5.43 Å². The van der Waals surface area contributed by atoms with E-state index < -0.39 is 23.1 Å². The molecule has 0 bridgehead atoms.